The number of ether oxygens (including phenoxy) is 2. The second-order valence-electron chi connectivity index (χ2n) is 13.9. The molecule has 0 aromatic carbocycles. The van der Waals surface area contributed by atoms with Gasteiger partial charge in [0.05, 0.1) is 26.4 Å². The normalized spacial score (nSPS) is 14.4. The number of carbonyl (C=O) groups excluding carboxylic acids is 2. The van der Waals surface area contributed by atoms with E-state index in [1.54, 1.807) is 0 Å². The van der Waals surface area contributed by atoms with E-state index in [-0.39, 0.29) is 12.8 Å². The van der Waals surface area contributed by atoms with Crippen molar-refractivity contribution >= 4 is 19.8 Å². The van der Waals surface area contributed by atoms with Gasteiger partial charge in [-0.05, 0) is 70.6 Å². The molecule has 0 fully saturated rings. The molecule has 0 aliphatic carbocycles. The fraction of sp³-hybridized carbons (Fsp3) is 0.767. The van der Waals surface area contributed by atoms with Gasteiger partial charge in [-0.3, -0.25) is 18.6 Å². The van der Waals surface area contributed by atoms with Crippen LogP contribution in [0, 0.1) is 0 Å². The molecule has 0 aliphatic heterocycles. The number of aliphatic hydroxyl groups is 2. The zero-order valence-corrected chi connectivity index (χ0v) is 34.8. The summed E-state index contributed by atoms with van der Waals surface area (Å²) in [6.45, 7) is 2.06. The highest BCUT2D eigenvalue weighted by molar-refractivity contribution is 7.47. The largest absolute Gasteiger partial charge is 0.472 e. The third-order valence-electron chi connectivity index (χ3n) is 8.78. The van der Waals surface area contributed by atoms with Crippen LogP contribution in [0.3, 0.4) is 0 Å². The first-order valence-electron chi connectivity index (χ1n) is 21.1. The number of rotatable bonds is 39. The highest BCUT2D eigenvalue weighted by Crippen LogP contribution is 2.43. The monoisotopic (exact) mass is 785 g/mol. The fourth-order valence-corrected chi connectivity index (χ4v) is 6.32. The predicted molar refractivity (Wildman–Crippen MR) is 219 cm³/mol. The standard InChI is InChI=1S/C43H77O10P/c1-3-5-7-9-11-13-15-17-19-20-21-23-25-27-29-31-33-35-43(47)53-41(37-45)39-51-54(48,49)50-38-40(36-44)52-42(46)34-32-30-28-26-24-22-18-16-14-12-10-8-6-4-2/h5,7,11,13,16-19,40-41,44-45H,3-4,6,8-10,12,14-15,20-39H2,1-2H3,(H,48,49)/b7-5-,13-11-,18-16-,19-17-. The maximum absolute atomic E-state index is 12.3. The predicted octanol–water partition coefficient (Wildman–Crippen LogP) is 10.9. The first-order chi connectivity index (χ1) is 26.3. The molecule has 0 rings (SSSR count). The Balaban J connectivity index is 3.96. The van der Waals surface area contributed by atoms with Gasteiger partial charge in [0.1, 0.15) is 12.2 Å². The summed E-state index contributed by atoms with van der Waals surface area (Å²) in [7, 11) is -4.64. The molecule has 0 radical (unpaired) electrons. The molecule has 0 bridgehead atoms. The van der Waals surface area contributed by atoms with Crippen molar-refractivity contribution in [1.29, 1.82) is 0 Å². The molecule has 0 aromatic rings. The van der Waals surface area contributed by atoms with Gasteiger partial charge in [-0.1, -0.05) is 140 Å². The minimum absolute atomic E-state index is 0.179. The van der Waals surface area contributed by atoms with Crippen LogP contribution < -0.4 is 0 Å². The van der Waals surface area contributed by atoms with Crippen LogP contribution in [0.1, 0.15) is 174 Å². The Morgan fingerprint density at radius 2 is 0.870 bits per heavy atom. The molecule has 0 amide bonds. The molecule has 0 spiro atoms. The Kier molecular flexibility index (Phi) is 37.7. The Morgan fingerprint density at radius 3 is 1.28 bits per heavy atom. The lowest BCUT2D eigenvalue weighted by Gasteiger charge is -2.20. The topological polar surface area (TPSA) is 149 Å². The quantitative estimate of drug-likeness (QED) is 0.0238. The summed E-state index contributed by atoms with van der Waals surface area (Å²) in [5, 5.41) is 19.1. The van der Waals surface area contributed by atoms with E-state index in [1.165, 1.54) is 44.9 Å². The average molecular weight is 785 g/mol. The van der Waals surface area contributed by atoms with Crippen LogP contribution in [-0.2, 0) is 32.7 Å². The molecule has 0 saturated heterocycles. The lowest BCUT2D eigenvalue weighted by molar-refractivity contribution is -0.153. The molecule has 314 valence electrons. The third kappa shape index (κ3) is 36.9. The van der Waals surface area contributed by atoms with E-state index in [2.05, 4.69) is 62.5 Å². The molecule has 10 nitrogen and oxygen atoms in total. The van der Waals surface area contributed by atoms with E-state index in [4.69, 9.17) is 18.5 Å². The second-order valence-corrected chi connectivity index (χ2v) is 15.4. The van der Waals surface area contributed by atoms with Gasteiger partial charge in [-0.15, -0.1) is 0 Å². The minimum atomic E-state index is -4.64. The van der Waals surface area contributed by atoms with Crippen molar-refractivity contribution in [2.75, 3.05) is 26.4 Å². The van der Waals surface area contributed by atoms with Crippen LogP contribution in [0.4, 0.5) is 0 Å². The number of hydrogen-bond acceptors (Lipinski definition) is 9. The molecule has 3 unspecified atom stereocenters. The summed E-state index contributed by atoms with van der Waals surface area (Å²) in [5.41, 5.74) is 0. The zero-order chi connectivity index (χ0) is 39.8. The van der Waals surface area contributed by atoms with Crippen LogP contribution in [-0.4, -0.2) is 65.7 Å². The number of carbonyl (C=O) groups is 2. The lowest BCUT2D eigenvalue weighted by atomic mass is 10.1. The molecule has 0 aliphatic rings. The highest BCUT2D eigenvalue weighted by Gasteiger charge is 2.27. The van der Waals surface area contributed by atoms with Crippen molar-refractivity contribution in [3.63, 3.8) is 0 Å². The number of unbranched alkanes of at least 4 members (excludes halogenated alkanes) is 17. The van der Waals surface area contributed by atoms with Gasteiger partial charge in [-0.2, -0.15) is 0 Å². The van der Waals surface area contributed by atoms with Gasteiger partial charge >= 0.3 is 19.8 Å². The van der Waals surface area contributed by atoms with E-state index in [9.17, 15) is 29.3 Å². The van der Waals surface area contributed by atoms with E-state index < -0.39 is 58.4 Å². The second kappa shape index (κ2) is 39.2. The average Bonchev–Trinajstić information content (AvgIpc) is 3.16. The van der Waals surface area contributed by atoms with Gasteiger partial charge in [0.2, 0.25) is 0 Å². The molecule has 3 atom stereocenters. The molecule has 3 N–H and O–H groups in total. The Labute approximate surface area is 328 Å². The minimum Gasteiger partial charge on any atom is -0.457 e. The van der Waals surface area contributed by atoms with Gasteiger partial charge in [-0.25, -0.2) is 4.57 Å². The summed E-state index contributed by atoms with van der Waals surface area (Å²) in [5.74, 6) is -1.04. The summed E-state index contributed by atoms with van der Waals surface area (Å²) in [6.07, 6.45) is 40.8. The molecule has 0 aromatic heterocycles. The van der Waals surface area contributed by atoms with Crippen LogP contribution in [0.2, 0.25) is 0 Å². The van der Waals surface area contributed by atoms with Crippen LogP contribution in [0.15, 0.2) is 48.6 Å². The SMILES string of the molecule is CC/C=C\C/C=C\C/C=C\CCCCCCCCCC(=O)OC(CO)COP(=O)(O)OCC(CO)OC(=O)CCCCCCC/C=C\CCCCCCC. The zero-order valence-electron chi connectivity index (χ0n) is 33.9. The summed E-state index contributed by atoms with van der Waals surface area (Å²) < 4.78 is 32.5. The molecule has 0 saturated carbocycles. The summed E-state index contributed by atoms with van der Waals surface area (Å²) in [6, 6.07) is 0. The Hall–Kier alpha value is -2.07. The molecule has 11 heteroatoms. The highest BCUT2D eigenvalue weighted by atomic mass is 31.2. The summed E-state index contributed by atoms with van der Waals surface area (Å²) >= 11 is 0. The van der Waals surface area contributed by atoms with Crippen molar-refractivity contribution in [2.45, 2.75) is 187 Å². The van der Waals surface area contributed by atoms with E-state index in [0.29, 0.717) is 12.8 Å². The van der Waals surface area contributed by atoms with Crippen molar-refractivity contribution < 1.29 is 47.8 Å². The number of esters is 2. The maximum Gasteiger partial charge on any atom is 0.472 e. The van der Waals surface area contributed by atoms with Gasteiger partial charge in [0, 0.05) is 12.8 Å². The molecule has 0 heterocycles. The smallest absolute Gasteiger partial charge is 0.457 e. The third-order valence-corrected chi connectivity index (χ3v) is 9.73. The van der Waals surface area contributed by atoms with Gasteiger partial charge in [0.15, 0.2) is 0 Å². The number of hydrogen-bond donors (Lipinski definition) is 3. The first kappa shape index (κ1) is 51.9. The van der Waals surface area contributed by atoms with E-state index in [0.717, 1.165) is 89.9 Å². The van der Waals surface area contributed by atoms with Gasteiger partial charge < -0.3 is 24.6 Å². The number of phosphoric ester groups is 1. The number of allylic oxidation sites excluding steroid dienone is 8. The maximum atomic E-state index is 12.3. The van der Waals surface area contributed by atoms with Crippen LogP contribution in [0.25, 0.3) is 0 Å². The Bertz CT molecular complexity index is 1040. The van der Waals surface area contributed by atoms with Crippen molar-refractivity contribution in [3.8, 4) is 0 Å². The van der Waals surface area contributed by atoms with Crippen LogP contribution in [0.5, 0.6) is 0 Å². The van der Waals surface area contributed by atoms with Crippen molar-refractivity contribution in [2.24, 2.45) is 0 Å². The number of aliphatic hydroxyl groups excluding tert-OH is 2. The van der Waals surface area contributed by atoms with E-state index >= 15 is 0 Å². The van der Waals surface area contributed by atoms with Crippen LogP contribution >= 0.6 is 7.82 Å². The Morgan fingerprint density at radius 1 is 0.519 bits per heavy atom. The lowest BCUT2D eigenvalue weighted by Crippen LogP contribution is -2.28. The molecular formula is C43H77O10P. The molecular weight excluding hydrogens is 707 g/mol. The first-order valence-corrected chi connectivity index (χ1v) is 22.6. The fourth-order valence-electron chi connectivity index (χ4n) is 5.53. The summed E-state index contributed by atoms with van der Waals surface area (Å²) in [4.78, 5) is 34.5. The van der Waals surface area contributed by atoms with Crippen molar-refractivity contribution in [1.82, 2.24) is 0 Å². The number of phosphoric acid groups is 1. The molecule has 54 heavy (non-hydrogen) atoms. The van der Waals surface area contributed by atoms with Crippen molar-refractivity contribution in [3.05, 3.63) is 48.6 Å². The van der Waals surface area contributed by atoms with Gasteiger partial charge in [0.25, 0.3) is 0 Å². The van der Waals surface area contributed by atoms with E-state index in [1.807, 2.05) is 0 Å².